The van der Waals surface area contributed by atoms with Gasteiger partial charge in [0.25, 0.3) is 0 Å². The molecular formula is C13H10ClNO3S. The number of pyridine rings is 1. The van der Waals surface area contributed by atoms with Crippen molar-refractivity contribution in [3.63, 3.8) is 0 Å². The lowest BCUT2D eigenvalue weighted by Gasteiger charge is -2.08. The van der Waals surface area contributed by atoms with Gasteiger partial charge >= 0.3 is 5.97 Å². The molecular weight excluding hydrogens is 286 g/mol. The first kappa shape index (κ1) is 13.7. The summed E-state index contributed by atoms with van der Waals surface area (Å²) in [6, 6.07) is 8.76. The number of carboxylic acid groups (broad SMARTS) is 1. The van der Waals surface area contributed by atoms with Crippen molar-refractivity contribution in [2.24, 2.45) is 0 Å². The number of carboxylic acids is 1. The summed E-state index contributed by atoms with van der Waals surface area (Å²) in [6.07, 6.45) is 1.42. The number of ether oxygens (including phenoxy) is 1. The zero-order valence-electron chi connectivity index (χ0n) is 9.96. The molecule has 1 N–H and O–H groups in total. The number of para-hydroxylation sites is 1. The van der Waals surface area contributed by atoms with Gasteiger partial charge in [0.15, 0.2) is 0 Å². The summed E-state index contributed by atoms with van der Waals surface area (Å²) < 4.78 is 5.23. The van der Waals surface area contributed by atoms with Crippen molar-refractivity contribution in [1.82, 2.24) is 4.98 Å². The molecule has 4 nitrogen and oxygen atoms in total. The van der Waals surface area contributed by atoms with Gasteiger partial charge in [0, 0.05) is 6.20 Å². The van der Waals surface area contributed by atoms with Crippen molar-refractivity contribution < 1.29 is 14.6 Å². The van der Waals surface area contributed by atoms with Gasteiger partial charge in [-0.05, 0) is 18.2 Å². The van der Waals surface area contributed by atoms with Crippen LogP contribution in [0.3, 0.4) is 0 Å². The van der Waals surface area contributed by atoms with Crippen LogP contribution in [0.1, 0.15) is 10.4 Å². The van der Waals surface area contributed by atoms with Gasteiger partial charge in [-0.3, -0.25) is 0 Å². The molecule has 0 spiro atoms. The van der Waals surface area contributed by atoms with Crippen LogP contribution in [-0.4, -0.2) is 23.2 Å². The summed E-state index contributed by atoms with van der Waals surface area (Å²) in [5.41, 5.74) is 0.0362. The highest BCUT2D eigenvalue weighted by Gasteiger charge is 2.15. The first-order chi connectivity index (χ1) is 9.13. The van der Waals surface area contributed by atoms with Gasteiger partial charge in [0.2, 0.25) is 0 Å². The van der Waals surface area contributed by atoms with Crippen LogP contribution in [-0.2, 0) is 0 Å². The zero-order valence-corrected chi connectivity index (χ0v) is 11.5. The fourth-order valence-corrected chi connectivity index (χ4v) is 2.70. The number of rotatable bonds is 4. The third-order valence-electron chi connectivity index (χ3n) is 2.36. The van der Waals surface area contributed by atoms with E-state index in [1.165, 1.54) is 24.0 Å². The van der Waals surface area contributed by atoms with E-state index in [-0.39, 0.29) is 10.6 Å². The summed E-state index contributed by atoms with van der Waals surface area (Å²) in [7, 11) is 1.57. The average molecular weight is 296 g/mol. The topological polar surface area (TPSA) is 59.4 Å². The van der Waals surface area contributed by atoms with Gasteiger partial charge < -0.3 is 9.84 Å². The Labute approximate surface area is 119 Å². The van der Waals surface area contributed by atoms with E-state index in [0.29, 0.717) is 10.8 Å². The molecule has 0 bridgehead atoms. The first-order valence-electron chi connectivity index (χ1n) is 5.32. The number of hydrogen-bond acceptors (Lipinski definition) is 4. The molecule has 98 valence electrons. The maximum Gasteiger partial charge on any atom is 0.337 e. The molecule has 0 unspecified atom stereocenters. The predicted molar refractivity (Wildman–Crippen MR) is 73.3 cm³/mol. The van der Waals surface area contributed by atoms with Crippen molar-refractivity contribution >= 4 is 29.3 Å². The third-order valence-corrected chi connectivity index (χ3v) is 3.92. The molecule has 0 radical (unpaired) electrons. The Kier molecular flexibility index (Phi) is 4.29. The monoisotopic (exact) mass is 295 g/mol. The number of aromatic nitrogens is 1. The van der Waals surface area contributed by atoms with Crippen LogP contribution in [0.2, 0.25) is 5.02 Å². The summed E-state index contributed by atoms with van der Waals surface area (Å²) >= 11 is 7.31. The lowest BCUT2D eigenvalue weighted by atomic mass is 10.3. The van der Waals surface area contributed by atoms with E-state index in [4.69, 9.17) is 21.4 Å². The molecule has 0 fully saturated rings. The molecule has 0 aliphatic rings. The first-order valence-corrected chi connectivity index (χ1v) is 6.51. The van der Waals surface area contributed by atoms with Crippen LogP contribution >= 0.6 is 23.4 Å². The molecule has 2 aromatic rings. The minimum atomic E-state index is -1.07. The molecule has 19 heavy (non-hydrogen) atoms. The van der Waals surface area contributed by atoms with E-state index >= 15 is 0 Å². The quantitative estimate of drug-likeness (QED) is 0.934. The van der Waals surface area contributed by atoms with Crippen LogP contribution in [0.15, 0.2) is 46.5 Å². The Balaban J connectivity index is 2.39. The maximum absolute atomic E-state index is 11.0. The predicted octanol–water partition coefficient (Wildman–Crippen LogP) is 3.59. The molecule has 0 saturated heterocycles. The average Bonchev–Trinajstić information content (AvgIpc) is 2.41. The largest absolute Gasteiger partial charge is 0.496 e. The summed E-state index contributed by atoms with van der Waals surface area (Å²) in [5.74, 6) is -0.389. The normalized spacial score (nSPS) is 10.2. The second-order valence-corrected chi connectivity index (χ2v) is 4.94. The molecule has 0 saturated carbocycles. The van der Waals surface area contributed by atoms with Crippen molar-refractivity contribution in [3.8, 4) is 5.75 Å². The number of benzene rings is 1. The minimum absolute atomic E-state index is 0.0362. The Morgan fingerprint density at radius 3 is 2.79 bits per heavy atom. The number of methoxy groups -OCH3 is 1. The second-order valence-electron chi connectivity index (χ2n) is 3.54. The lowest BCUT2D eigenvalue weighted by Crippen LogP contribution is -1.99. The van der Waals surface area contributed by atoms with Crippen LogP contribution in [0.25, 0.3) is 0 Å². The Bertz CT molecular complexity index is 619. The number of halogens is 1. The molecule has 0 amide bonds. The van der Waals surface area contributed by atoms with E-state index in [2.05, 4.69) is 4.98 Å². The smallest absolute Gasteiger partial charge is 0.337 e. The Morgan fingerprint density at radius 1 is 1.37 bits per heavy atom. The second kappa shape index (κ2) is 5.95. The molecule has 2 rings (SSSR count). The molecule has 6 heteroatoms. The molecule has 0 aliphatic heterocycles. The fraction of sp³-hybridized carbons (Fsp3) is 0.0769. The van der Waals surface area contributed by atoms with Crippen LogP contribution in [0.4, 0.5) is 0 Å². The van der Waals surface area contributed by atoms with Gasteiger partial charge in [-0.2, -0.15) is 0 Å². The standard InChI is InChI=1S/C13H10ClNO3S/c1-18-9-4-2-3-5-10(9)19-12-11(14)8(13(16)17)6-7-15-12/h2-7H,1H3,(H,16,17). The molecule has 1 aromatic carbocycles. The zero-order chi connectivity index (χ0) is 13.8. The van der Waals surface area contributed by atoms with Crippen molar-refractivity contribution in [2.75, 3.05) is 7.11 Å². The molecule has 0 aliphatic carbocycles. The van der Waals surface area contributed by atoms with Crippen LogP contribution in [0, 0.1) is 0 Å². The van der Waals surface area contributed by atoms with Crippen molar-refractivity contribution in [1.29, 1.82) is 0 Å². The summed E-state index contributed by atoms with van der Waals surface area (Å²) in [5, 5.41) is 9.58. The molecule has 1 aromatic heterocycles. The number of nitrogens with zero attached hydrogens (tertiary/aromatic N) is 1. The van der Waals surface area contributed by atoms with Gasteiger partial charge in [-0.25, -0.2) is 9.78 Å². The summed E-state index contributed by atoms with van der Waals surface area (Å²) in [4.78, 5) is 15.9. The Hall–Kier alpha value is -1.72. The van der Waals surface area contributed by atoms with E-state index in [1.54, 1.807) is 7.11 Å². The van der Waals surface area contributed by atoms with E-state index in [1.807, 2.05) is 24.3 Å². The van der Waals surface area contributed by atoms with Crippen molar-refractivity contribution in [2.45, 2.75) is 9.92 Å². The van der Waals surface area contributed by atoms with Crippen LogP contribution in [0.5, 0.6) is 5.75 Å². The maximum atomic E-state index is 11.0. The molecule has 0 atom stereocenters. The minimum Gasteiger partial charge on any atom is -0.496 e. The number of hydrogen-bond donors (Lipinski definition) is 1. The van der Waals surface area contributed by atoms with Gasteiger partial charge in [0.1, 0.15) is 10.8 Å². The highest BCUT2D eigenvalue weighted by molar-refractivity contribution is 7.99. The number of aromatic carboxylic acids is 1. The van der Waals surface area contributed by atoms with Crippen LogP contribution < -0.4 is 4.74 Å². The summed E-state index contributed by atoms with van der Waals surface area (Å²) in [6.45, 7) is 0. The van der Waals surface area contributed by atoms with Gasteiger partial charge in [-0.15, -0.1) is 0 Å². The fourth-order valence-electron chi connectivity index (χ4n) is 1.47. The van der Waals surface area contributed by atoms with E-state index in [0.717, 1.165) is 4.90 Å². The highest BCUT2D eigenvalue weighted by atomic mass is 35.5. The SMILES string of the molecule is COc1ccccc1Sc1nccc(C(=O)O)c1Cl. The van der Waals surface area contributed by atoms with Crippen molar-refractivity contribution in [3.05, 3.63) is 47.1 Å². The van der Waals surface area contributed by atoms with Gasteiger partial charge in [0.05, 0.1) is 22.6 Å². The van der Waals surface area contributed by atoms with E-state index in [9.17, 15) is 4.79 Å². The number of carbonyl (C=O) groups is 1. The third kappa shape index (κ3) is 3.00. The Morgan fingerprint density at radius 2 is 2.11 bits per heavy atom. The lowest BCUT2D eigenvalue weighted by molar-refractivity contribution is 0.0696. The highest BCUT2D eigenvalue weighted by Crippen LogP contribution is 2.37. The van der Waals surface area contributed by atoms with E-state index < -0.39 is 5.97 Å². The molecule has 1 heterocycles. The van der Waals surface area contributed by atoms with Gasteiger partial charge in [-0.1, -0.05) is 35.5 Å².